The second kappa shape index (κ2) is 9.09. The minimum absolute atomic E-state index is 0. The molecule has 4 nitrogen and oxygen atoms in total. The molecule has 1 aromatic rings. The van der Waals surface area contributed by atoms with Crippen molar-refractivity contribution in [3.05, 3.63) is 16.1 Å². The number of hydrogen-bond donors (Lipinski definition) is 1. The van der Waals surface area contributed by atoms with Crippen molar-refractivity contribution in [2.24, 2.45) is 4.99 Å². The van der Waals surface area contributed by atoms with E-state index in [9.17, 15) is 0 Å². The number of nitrogens with zero attached hydrogens (tertiary/aromatic N) is 3. The highest BCUT2D eigenvalue weighted by atomic mass is 127. The minimum Gasteiger partial charge on any atom is -0.350 e. The van der Waals surface area contributed by atoms with Gasteiger partial charge in [-0.1, -0.05) is 6.92 Å². The van der Waals surface area contributed by atoms with Gasteiger partial charge < -0.3 is 10.2 Å². The predicted octanol–water partition coefficient (Wildman–Crippen LogP) is 2.97. The fourth-order valence-electron chi connectivity index (χ4n) is 2.13. The monoisotopic (exact) mass is 426 g/mol. The lowest BCUT2D eigenvalue weighted by molar-refractivity contribution is 0.408. The molecule has 0 aromatic carbocycles. The minimum atomic E-state index is 0. The fourth-order valence-corrected chi connectivity index (χ4v) is 4.04. The standard InChI is InChI=1S/C13H22N4S2.HI/c1-4-11-9-17(5-6-18-11)13(14-3)16-8-12-15-7-10(2)19-12;/h7,11H,4-6,8-9H2,1-3H3,(H,14,16);1H. The van der Waals surface area contributed by atoms with Gasteiger partial charge in [0.2, 0.25) is 0 Å². The Balaban J connectivity index is 0.00000200. The van der Waals surface area contributed by atoms with Crippen LogP contribution in [0.2, 0.25) is 0 Å². The van der Waals surface area contributed by atoms with Crippen molar-refractivity contribution in [3.63, 3.8) is 0 Å². The van der Waals surface area contributed by atoms with Crippen molar-refractivity contribution in [1.29, 1.82) is 0 Å². The van der Waals surface area contributed by atoms with Gasteiger partial charge in [0.25, 0.3) is 0 Å². The van der Waals surface area contributed by atoms with Gasteiger partial charge in [-0.25, -0.2) is 4.98 Å². The van der Waals surface area contributed by atoms with E-state index in [-0.39, 0.29) is 24.0 Å². The summed E-state index contributed by atoms with van der Waals surface area (Å²) in [5.41, 5.74) is 0. The molecular weight excluding hydrogens is 403 g/mol. The molecule has 0 amide bonds. The number of nitrogens with one attached hydrogen (secondary N) is 1. The van der Waals surface area contributed by atoms with Crippen molar-refractivity contribution in [2.45, 2.75) is 32.1 Å². The van der Waals surface area contributed by atoms with E-state index < -0.39 is 0 Å². The molecule has 1 saturated heterocycles. The number of thiazole rings is 1. The molecule has 7 heteroatoms. The molecule has 0 bridgehead atoms. The largest absolute Gasteiger partial charge is 0.350 e. The van der Waals surface area contributed by atoms with E-state index in [0.717, 1.165) is 35.9 Å². The topological polar surface area (TPSA) is 40.5 Å². The Labute approximate surface area is 146 Å². The fraction of sp³-hybridized carbons (Fsp3) is 0.692. The zero-order chi connectivity index (χ0) is 13.7. The maximum Gasteiger partial charge on any atom is 0.194 e. The van der Waals surface area contributed by atoms with Gasteiger partial charge >= 0.3 is 0 Å². The third kappa shape index (κ3) is 5.07. The number of rotatable bonds is 3. The van der Waals surface area contributed by atoms with E-state index in [1.54, 1.807) is 11.3 Å². The van der Waals surface area contributed by atoms with Crippen LogP contribution in [0.1, 0.15) is 23.2 Å². The van der Waals surface area contributed by atoms with Gasteiger partial charge in [-0.15, -0.1) is 35.3 Å². The van der Waals surface area contributed by atoms with E-state index in [0.29, 0.717) is 0 Å². The van der Waals surface area contributed by atoms with Gasteiger partial charge in [-0.3, -0.25) is 4.99 Å². The molecular formula is C13H23IN4S2. The summed E-state index contributed by atoms with van der Waals surface area (Å²) in [7, 11) is 1.86. The zero-order valence-electron chi connectivity index (χ0n) is 12.3. The lowest BCUT2D eigenvalue weighted by Gasteiger charge is -2.34. The van der Waals surface area contributed by atoms with Crippen LogP contribution >= 0.6 is 47.1 Å². The average molecular weight is 426 g/mol. The number of thioether (sulfide) groups is 1. The van der Waals surface area contributed by atoms with Crippen LogP contribution in [-0.2, 0) is 6.54 Å². The van der Waals surface area contributed by atoms with Crippen molar-refractivity contribution >= 4 is 53.0 Å². The van der Waals surface area contributed by atoms with Crippen molar-refractivity contribution in [3.8, 4) is 0 Å². The molecule has 1 aliphatic rings. The maximum absolute atomic E-state index is 4.40. The van der Waals surface area contributed by atoms with Gasteiger partial charge in [0.05, 0.1) is 6.54 Å². The van der Waals surface area contributed by atoms with Crippen LogP contribution in [0.3, 0.4) is 0 Å². The van der Waals surface area contributed by atoms with Crippen molar-refractivity contribution in [1.82, 2.24) is 15.2 Å². The van der Waals surface area contributed by atoms with Gasteiger partial charge in [-0.2, -0.15) is 11.8 Å². The second-order valence-electron chi connectivity index (χ2n) is 4.61. The molecule has 1 atom stereocenters. The summed E-state index contributed by atoms with van der Waals surface area (Å²) in [6.07, 6.45) is 3.15. The molecule has 2 heterocycles. The van der Waals surface area contributed by atoms with Crippen LogP contribution in [-0.4, -0.2) is 47.0 Å². The van der Waals surface area contributed by atoms with Crippen LogP contribution in [0.4, 0.5) is 0 Å². The van der Waals surface area contributed by atoms with Gasteiger partial charge in [0.1, 0.15) is 5.01 Å². The lowest BCUT2D eigenvalue weighted by atomic mass is 10.3. The van der Waals surface area contributed by atoms with Crippen LogP contribution in [0.25, 0.3) is 0 Å². The first-order chi connectivity index (χ1) is 9.22. The Morgan fingerprint density at radius 2 is 2.40 bits per heavy atom. The lowest BCUT2D eigenvalue weighted by Crippen LogP contribution is -2.47. The van der Waals surface area contributed by atoms with Crippen molar-refractivity contribution < 1.29 is 0 Å². The first-order valence-electron chi connectivity index (χ1n) is 6.71. The second-order valence-corrected chi connectivity index (χ2v) is 7.34. The molecule has 1 aliphatic heterocycles. The molecule has 1 fully saturated rings. The number of aromatic nitrogens is 1. The van der Waals surface area contributed by atoms with E-state index >= 15 is 0 Å². The summed E-state index contributed by atoms with van der Waals surface area (Å²) in [5, 5.41) is 5.28. The number of guanidine groups is 1. The summed E-state index contributed by atoms with van der Waals surface area (Å²) < 4.78 is 0. The third-order valence-corrected chi connectivity index (χ3v) is 5.46. The number of hydrogen-bond acceptors (Lipinski definition) is 4. The van der Waals surface area contributed by atoms with Crippen molar-refractivity contribution in [2.75, 3.05) is 25.9 Å². The number of halogens is 1. The van der Waals surface area contributed by atoms with E-state index in [1.807, 2.05) is 13.2 Å². The molecule has 0 radical (unpaired) electrons. The van der Waals surface area contributed by atoms with Gasteiger partial charge in [-0.05, 0) is 13.3 Å². The first-order valence-corrected chi connectivity index (χ1v) is 8.58. The molecule has 1 N–H and O–H groups in total. The molecule has 114 valence electrons. The molecule has 0 spiro atoms. The summed E-state index contributed by atoms with van der Waals surface area (Å²) >= 11 is 3.82. The Hall–Kier alpha value is -0.0200. The number of aryl methyl sites for hydroxylation is 1. The third-order valence-electron chi connectivity index (χ3n) is 3.17. The molecule has 1 unspecified atom stereocenters. The Kier molecular flexibility index (Phi) is 8.20. The quantitative estimate of drug-likeness (QED) is 0.459. The van der Waals surface area contributed by atoms with Crippen LogP contribution < -0.4 is 5.32 Å². The predicted molar refractivity (Wildman–Crippen MR) is 101 cm³/mol. The van der Waals surface area contributed by atoms with Gasteiger partial charge in [0.15, 0.2) is 5.96 Å². The summed E-state index contributed by atoms with van der Waals surface area (Å²) in [6, 6.07) is 0. The summed E-state index contributed by atoms with van der Waals surface area (Å²) in [4.78, 5) is 12.4. The molecule has 20 heavy (non-hydrogen) atoms. The molecule has 2 rings (SSSR count). The normalized spacial score (nSPS) is 19.6. The molecule has 0 aliphatic carbocycles. The van der Waals surface area contributed by atoms with Crippen LogP contribution in [0.15, 0.2) is 11.2 Å². The highest BCUT2D eigenvalue weighted by Gasteiger charge is 2.21. The van der Waals surface area contributed by atoms with E-state index in [1.165, 1.54) is 17.1 Å². The smallest absolute Gasteiger partial charge is 0.194 e. The Morgan fingerprint density at radius 1 is 1.60 bits per heavy atom. The summed E-state index contributed by atoms with van der Waals surface area (Å²) in [6.45, 7) is 7.29. The maximum atomic E-state index is 4.40. The van der Waals surface area contributed by atoms with E-state index in [4.69, 9.17) is 0 Å². The molecule has 1 aromatic heterocycles. The SMILES string of the molecule is CCC1CN(C(=NC)NCc2ncc(C)s2)CCS1.I. The summed E-state index contributed by atoms with van der Waals surface area (Å²) in [5.74, 6) is 2.20. The highest BCUT2D eigenvalue weighted by molar-refractivity contribution is 14.0. The highest BCUT2D eigenvalue weighted by Crippen LogP contribution is 2.21. The zero-order valence-corrected chi connectivity index (χ0v) is 16.2. The van der Waals surface area contributed by atoms with Crippen LogP contribution in [0, 0.1) is 6.92 Å². The number of aliphatic imine (C=N–C) groups is 1. The molecule has 0 saturated carbocycles. The van der Waals surface area contributed by atoms with Crippen LogP contribution in [0.5, 0.6) is 0 Å². The first kappa shape index (κ1) is 18.0. The van der Waals surface area contributed by atoms with E-state index in [2.05, 4.69) is 45.8 Å². The Bertz CT molecular complexity index is 436. The Morgan fingerprint density at radius 3 is 3.00 bits per heavy atom. The van der Waals surface area contributed by atoms with Gasteiger partial charge in [0, 0.05) is 42.2 Å². The average Bonchev–Trinajstić information content (AvgIpc) is 2.85.